The van der Waals surface area contributed by atoms with Crippen LogP contribution in [0.25, 0.3) is 6.08 Å². The molecule has 0 aliphatic heterocycles. The Labute approximate surface area is 330 Å². The Hall–Kier alpha value is -4.32. The number of nitrogens with two attached hydrogens (primary N) is 1. The zero-order chi connectivity index (χ0) is 34.9. The first kappa shape index (κ1) is 40.1. The summed E-state index contributed by atoms with van der Waals surface area (Å²) in [7, 11) is -4.96. The molecule has 5 rings (SSSR count). The van der Waals surface area contributed by atoms with E-state index in [2.05, 4.69) is 20.8 Å². The first-order valence-electron chi connectivity index (χ1n) is 13.9. The van der Waals surface area contributed by atoms with Crippen LogP contribution in [0.5, 0.6) is 5.75 Å². The Morgan fingerprint density at radius 2 is 1.58 bits per heavy atom. The third kappa shape index (κ3) is 8.88. The van der Waals surface area contributed by atoms with Crippen LogP contribution in [0.4, 0.5) is 22.7 Å². The molecule has 0 saturated heterocycles. The number of Topliss-reactive ketones (excluding diaryl/α,β-unsaturated/α-hetero) is 1. The number of allylic oxidation sites excluding steroid dienone is 1. The van der Waals surface area contributed by atoms with Gasteiger partial charge in [-0.25, -0.2) is 4.79 Å². The van der Waals surface area contributed by atoms with Gasteiger partial charge in [0.2, 0.25) is 5.78 Å². The van der Waals surface area contributed by atoms with Crippen LogP contribution < -0.4 is 85.8 Å². The van der Waals surface area contributed by atoms with Crippen molar-refractivity contribution in [2.24, 2.45) is 10.1 Å². The van der Waals surface area contributed by atoms with E-state index >= 15 is 0 Å². The number of benzene rings is 4. The third-order valence-corrected chi connectivity index (χ3v) is 8.15. The summed E-state index contributed by atoms with van der Waals surface area (Å²) in [6.45, 7) is 3.34. The van der Waals surface area contributed by atoms with E-state index in [0.29, 0.717) is 16.8 Å². The van der Waals surface area contributed by atoms with E-state index in [0.717, 1.165) is 18.2 Å². The number of nitrogens with one attached hydrogen (secondary N) is 2. The van der Waals surface area contributed by atoms with Crippen molar-refractivity contribution in [2.45, 2.75) is 13.8 Å². The number of aliphatic imine (C=N–C) groups is 1. The van der Waals surface area contributed by atoms with Crippen LogP contribution in [-0.2, 0) is 10.1 Å². The number of nitrogen functional groups attached to an aromatic ring is 1. The average molecular weight is 714 g/mol. The molecule has 0 saturated carbocycles. The van der Waals surface area contributed by atoms with Crippen LogP contribution in [-0.4, -0.2) is 47.3 Å². The van der Waals surface area contributed by atoms with Crippen LogP contribution in [0.2, 0.25) is 0 Å². The topological polar surface area (TPSA) is 247 Å². The van der Waals surface area contributed by atoms with Crippen LogP contribution in [0, 0.1) is 13.8 Å². The molecule has 6 N–H and O–H groups in total. The van der Waals surface area contributed by atoms with Crippen molar-refractivity contribution in [3.05, 3.63) is 117 Å². The zero-order valence-corrected chi connectivity index (χ0v) is 32.0. The van der Waals surface area contributed by atoms with E-state index in [1.807, 2.05) is 0 Å². The fourth-order valence-electron chi connectivity index (χ4n) is 4.71. The zero-order valence-electron chi connectivity index (χ0n) is 27.1. The smallest absolute Gasteiger partial charge is 0.872 e. The number of carbonyl (C=O) groups excluding carboxylic acids is 2. The Morgan fingerprint density at radius 3 is 2.22 bits per heavy atom. The van der Waals surface area contributed by atoms with E-state index in [1.54, 1.807) is 26.0 Å². The van der Waals surface area contributed by atoms with Gasteiger partial charge in [0.05, 0.1) is 16.9 Å². The van der Waals surface area contributed by atoms with Crippen molar-refractivity contribution in [1.82, 2.24) is 0 Å². The molecule has 0 fully saturated rings. The van der Waals surface area contributed by atoms with Gasteiger partial charge in [0.15, 0.2) is 5.71 Å². The molecule has 244 valence electrons. The summed E-state index contributed by atoms with van der Waals surface area (Å²) in [5, 5.41) is 40.0. The van der Waals surface area contributed by atoms with Gasteiger partial charge in [-0.05, 0) is 109 Å². The van der Waals surface area contributed by atoms with Crippen molar-refractivity contribution < 1.29 is 102 Å². The molecule has 0 atom stereocenters. The van der Waals surface area contributed by atoms with Gasteiger partial charge in [0.25, 0.3) is 16.0 Å². The minimum atomic E-state index is -4.96. The molecular formula is C33H25N5Na2O9S. The number of carboxylic acids is 1. The number of hydrazone groups is 1. The van der Waals surface area contributed by atoms with Crippen molar-refractivity contribution in [2.75, 3.05) is 16.5 Å². The molecule has 17 heteroatoms. The molecule has 0 radical (unpaired) electrons. The largest absolute Gasteiger partial charge is 1.00 e. The van der Waals surface area contributed by atoms with Crippen molar-refractivity contribution >= 4 is 68.2 Å². The molecule has 1 aliphatic carbocycles. The van der Waals surface area contributed by atoms with Crippen molar-refractivity contribution in [3.8, 4) is 5.75 Å². The number of ketones is 1. The summed E-state index contributed by atoms with van der Waals surface area (Å²) < 4.78 is 34.6. The second-order valence-corrected chi connectivity index (χ2v) is 12.0. The van der Waals surface area contributed by atoms with E-state index in [-0.39, 0.29) is 98.4 Å². The minimum Gasteiger partial charge on any atom is -0.872 e. The van der Waals surface area contributed by atoms with Crippen LogP contribution in [0.1, 0.15) is 53.3 Å². The second-order valence-electron chi connectivity index (χ2n) is 10.6. The first-order valence-corrected chi connectivity index (χ1v) is 15.4. The number of nitrogens with zero attached hydrogens (tertiary/aromatic N) is 2. The van der Waals surface area contributed by atoms with E-state index in [1.165, 1.54) is 48.5 Å². The predicted molar refractivity (Wildman–Crippen MR) is 175 cm³/mol. The van der Waals surface area contributed by atoms with Gasteiger partial charge in [-0.3, -0.25) is 24.6 Å². The molecule has 0 aromatic heterocycles. The molecule has 0 unspecified atom stereocenters. The normalized spacial score (nSPS) is 13.3. The summed E-state index contributed by atoms with van der Waals surface area (Å²) in [6.07, 6.45) is 1.04. The van der Waals surface area contributed by atoms with E-state index < -0.39 is 55.6 Å². The Bertz CT molecular complexity index is 2250. The number of amides is 1. The number of carbonyl (C=O) groups is 3. The Morgan fingerprint density at radius 1 is 0.900 bits per heavy atom. The van der Waals surface area contributed by atoms with E-state index in [9.17, 15) is 37.6 Å². The fraction of sp³-hybridized carbons (Fsp3) is 0.0606. The summed E-state index contributed by atoms with van der Waals surface area (Å²) in [4.78, 5) is 40.7. The average Bonchev–Trinajstić information content (AvgIpc) is 3.02. The standard InChI is InChI=1S/C33H27N5O9S.2Na/c1-16-11-18(3-8-25(16)34)31(41)35-21-5-7-23-20(13-21)14-28(48(45,46)47)29(30(23)40)38-37-26-9-4-19(12-17(26)2)32(42)36-22-6-10-27(39)24(15-22)33(43)44;;/h3-15,37,39H,34H2,1-2H3,(H,35,41)(H,36,42)(H,43,44)(H,45,46,47);;/q;2*+1/p-2/b38-29-;;. The molecule has 0 spiro atoms. The second kappa shape index (κ2) is 16.1. The quantitative estimate of drug-likeness (QED) is 0.0313. The monoisotopic (exact) mass is 713 g/mol. The van der Waals surface area contributed by atoms with Crippen LogP contribution in [0.15, 0.2) is 87.8 Å². The summed E-state index contributed by atoms with van der Waals surface area (Å²) >= 11 is 0. The maximum Gasteiger partial charge on any atom is 1.00 e. The van der Waals surface area contributed by atoms with Crippen molar-refractivity contribution in [3.63, 3.8) is 0 Å². The van der Waals surface area contributed by atoms with Crippen molar-refractivity contribution in [1.29, 1.82) is 0 Å². The number of aromatic carboxylic acids is 1. The maximum atomic E-state index is 13.4. The fourth-order valence-corrected chi connectivity index (χ4v) is 5.37. The third-order valence-electron chi connectivity index (χ3n) is 7.28. The number of anilines is 3. The number of rotatable bonds is 8. The number of aryl methyl sites for hydroxylation is 2. The minimum absolute atomic E-state index is 0. The van der Waals surface area contributed by atoms with Gasteiger partial charge >= 0.3 is 65.1 Å². The van der Waals surface area contributed by atoms with Gasteiger partial charge in [-0.2, -0.15) is 13.5 Å². The maximum absolute atomic E-state index is 13.4. The van der Waals surface area contributed by atoms with Gasteiger partial charge in [-0.15, -0.1) is 0 Å². The van der Waals surface area contributed by atoms with E-state index in [4.69, 9.17) is 10.8 Å². The van der Waals surface area contributed by atoms with Crippen LogP contribution in [0.3, 0.4) is 0 Å². The summed E-state index contributed by atoms with van der Waals surface area (Å²) in [5.41, 5.74) is 9.99. The Balaban J connectivity index is 0.00000338. The van der Waals surface area contributed by atoms with Crippen LogP contribution >= 0.6 is 0 Å². The number of hydrogen-bond donors (Lipinski definition) is 5. The molecule has 4 aromatic rings. The number of carboxylic acid groups (broad SMARTS) is 1. The molecule has 1 aliphatic rings. The molecule has 0 heterocycles. The Kier molecular flexibility index (Phi) is 12.9. The molecular weight excluding hydrogens is 688 g/mol. The van der Waals surface area contributed by atoms with Gasteiger partial charge in [-0.1, -0.05) is 17.9 Å². The number of hydrogen-bond acceptors (Lipinski definition) is 11. The number of fused-ring (bicyclic) bond motifs is 1. The SMILES string of the molecule is Cc1cc(C([O-])=Nc2ccc3c(c2)C=C(S(=O)(=O)O)/C(=N/Nc2ccc(C(=O)Nc4ccc([O-])c(C(=O)O)c4)cc2C)C3=O)ccc1N.[Na+].[Na+]. The van der Waals surface area contributed by atoms with Gasteiger partial charge in [0.1, 0.15) is 4.91 Å². The summed E-state index contributed by atoms with van der Waals surface area (Å²) in [6, 6.07) is 16.4. The molecule has 14 nitrogen and oxygen atoms in total. The van der Waals surface area contributed by atoms with Gasteiger partial charge < -0.3 is 26.4 Å². The first-order chi connectivity index (χ1) is 22.6. The predicted octanol–water partition coefficient (Wildman–Crippen LogP) is -2.75. The van der Waals surface area contributed by atoms with Gasteiger partial charge in [0, 0.05) is 22.5 Å². The molecule has 0 bridgehead atoms. The molecule has 50 heavy (non-hydrogen) atoms. The summed E-state index contributed by atoms with van der Waals surface area (Å²) in [5.74, 6) is -4.18. The molecule has 4 aromatic carbocycles. The molecule has 1 amide bonds.